The minimum absolute atomic E-state index is 0.167. The number of nitrogens with zero attached hydrogens (tertiary/aromatic N) is 3. The Hall–Kier alpha value is -3.54. The number of anilines is 3. The summed E-state index contributed by atoms with van der Waals surface area (Å²) in [4.78, 5) is 14.6. The van der Waals surface area contributed by atoms with Crippen LogP contribution in [0.1, 0.15) is 11.4 Å². The fourth-order valence-electron chi connectivity index (χ4n) is 3.48. The summed E-state index contributed by atoms with van der Waals surface area (Å²) in [6.07, 6.45) is 1.45. The number of hydrogen-bond acceptors (Lipinski definition) is 5. The standard InChI is InChI=1S/C23H20BrN5O4S/c24-13-22-26-23(29(30)31)15-28(22)14-16-5-7-17(8-6-16)20-3-1-2-4-21(20)25-18-9-11-19(12-10-18)27-34(32)33/h1-12,15,25,27H,13-14H2,(H,32,33). The molecule has 34 heavy (non-hydrogen) atoms. The number of rotatable bonds is 9. The number of alkyl halides is 1. The Balaban J connectivity index is 1.52. The molecule has 1 aromatic heterocycles. The van der Waals surface area contributed by atoms with Crippen molar-refractivity contribution in [2.75, 3.05) is 10.0 Å². The Morgan fingerprint density at radius 2 is 1.71 bits per heavy atom. The van der Waals surface area contributed by atoms with Gasteiger partial charge in [0.1, 0.15) is 6.20 Å². The molecule has 3 aromatic carbocycles. The van der Waals surface area contributed by atoms with Crippen LogP contribution in [0.2, 0.25) is 0 Å². The van der Waals surface area contributed by atoms with E-state index in [-0.39, 0.29) is 5.82 Å². The van der Waals surface area contributed by atoms with Crippen molar-refractivity contribution in [3.63, 3.8) is 0 Å². The molecule has 0 amide bonds. The van der Waals surface area contributed by atoms with E-state index in [0.29, 0.717) is 23.4 Å². The molecule has 1 atom stereocenters. The van der Waals surface area contributed by atoms with Crippen LogP contribution in [0.25, 0.3) is 11.1 Å². The molecule has 0 saturated heterocycles. The van der Waals surface area contributed by atoms with E-state index in [1.807, 2.05) is 60.7 Å². The first-order valence-electron chi connectivity index (χ1n) is 10.1. The molecule has 4 rings (SSSR count). The van der Waals surface area contributed by atoms with Crippen molar-refractivity contribution in [2.45, 2.75) is 11.9 Å². The zero-order chi connectivity index (χ0) is 24.1. The molecule has 1 unspecified atom stereocenters. The van der Waals surface area contributed by atoms with Crippen LogP contribution in [-0.2, 0) is 23.1 Å². The van der Waals surface area contributed by atoms with Gasteiger partial charge in [0.05, 0.1) is 11.9 Å². The van der Waals surface area contributed by atoms with Crippen LogP contribution in [0.3, 0.4) is 0 Å². The molecule has 9 nitrogen and oxygen atoms in total. The Bertz CT molecular complexity index is 1330. The lowest BCUT2D eigenvalue weighted by Gasteiger charge is -2.13. The Morgan fingerprint density at radius 3 is 2.35 bits per heavy atom. The van der Waals surface area contributed by atoms with E-state index in [4.69, 9.17) is 4.55 Å². The largest absolute Gasteiger partial charge is 0.381 e. The zero-order valence-electron chi connectivity index (χ0n) is 17.7. The van der Waals surface area contributed by atoms with E-state index in [1.54, 1.807) is 16.7 Å². The van der Waals surface area contributed by atoms with Crippen molar-refractivity contribution >= 4 is 50.1 Å². The summed E-state index contributed by atoms with van der Waals surface area (Å²) in [5, 5.41) is 14.9. The number of aromatic nitrogens is 2. The predicted octanol–water partition coefficient (Wildman–Crippen LogP) is 5.69. The second-order valence-corrected chi connectivity index (χ2v) is 8.59. The van der Waals surface area contributed by atoms with E-state index in [2.05, 4.69) is 31.0 Å². The molecule has 0 aliphatic heterocycles. The molecule has 0 bridgehead atoms. The summed E-state index contributed by atoms with van der Waals surface area (Å²) in [7, 11) is 0. The van der Waals surface area contributed by atoms with Gasteiger partial charge in [0.2, 0.25) is 5.82 Å². The zero-order valence-corrected chi connectivity index (χ0v) is 20.1. The third kappa shape index (κ3) is 5.68. The van der Waals surface area contributed by atoms with Crippen molar-refractivity contribution in [1.82, 2.24) is 9.55 Å². The van der Waals surface area contributed by atoms with E-state index < -0.39 is 16.2 Å². The van der Waals surface area contributed by atoms with E-state index >= 15 is 0 Å². The molecule has 0 aliphatic rings. The number of nitro groups is 1. The minimum atomic E-state index is -2.12. The Morgan fingerprint density at radius 1 is 1.03 bits per heavy atom. The summed E-state index contributed by atoms with van der Waals surface area (Å²) < 4.78 is 24.0. The fraction of sp³-hybridized carbons (Fsp3) is 0.0870. The highest BCUT2D eigenvalue weighted by Gasteiger charge is 2.17. The van der Waals surface area contributed by atoms with Gasteiger partial charge < -0.3 is 20.0 Å². The van der Waals surface area contributed by atoms with Crippen molar-refractivity contribution < 1.29 is 13.7 Å². The lowest BCUT2D eigenvalue weighted by atomic mass is 10.0. The van der Waals surface area contributed by atoms with Crippen LogP contribution in [-0.4, -0.2) is 23.2 Å². The van der Waals surface area contributed by atoms with Gasteiger partial charge in [0.15, 0.2) is 0 Å². The van der Waals surface area contributed by atoms with Gasteiger partial charge in [-0.3, -0.25) is 9.27 Å². The van der Waals surface area contributed by atoms with Crippen molar-refractivity contribution in [1.29, 1.82) is 0 Å². The first-order chi connectivity index (χ1) is 16.4. The molecule has 0 fully saturated rings. The summed E-state index contributed by atoms with van der Waals surface area (Å²) >= 11 is 1.22. The highest BCUT2D eigenvalue weighted by atomic mass is 79.9. The monoisotopic (exact) mass is 541 g/mol. The maximum absolute atomic E-state index is 11.0. The van der Waals surface area contributed by atoms with Crippen LogP contribution in [0, 0.1) is 10.1 Å². The van der Waals surface area contributed by atoms with Crippen LogP contribution in [0.5, 0.6) is 0 Å². The second kappa shape index (κ2) is 10.6. The lowest BCUT2D eigenvalue weighted by molar-refractivity contribution is -0.389. The molecule has 4 aromatic rings. The number of halogens is 1. The first kappa shape index (κ1) is 23.6. The highest BCUT2D eigenvalue weighted by Crippen LogP contribution is 2.31. The van der Waals surface area contributed by atoms with Crippen LogP contribution in [0.15, 0.2) is 79.0 Å². The summed E-state index contributed by atoms with van der Waals surface area (Å²) in [6.45, 7) is 0.473. The van der Waals surface area contributed by atoms with E-state index in [9.17, 15) is 14.3 Å². The SMILES string of the molecule is O=[N+]([O-])c1cn(Cc2ccc(-c3ccccc3Nc3ccc(NS(=O)O)cc3)cc2)c(CBr)n1. The summed E-state index contributed by atoms with van der Waals surface area (Å²) in [5.74, 6) is 0.427. The summed E-state index contributed by atoms with van der Waals surface area (Å²) in [5.41, 5.74) is 5.30. The lowest BCUT2D eigenvalue weighted by Crippen LogP contribution is -2.02. The smallest absolute Gasteiger partial charge is 0.358 e. The predicted molar refractivity (Wildman–Crippen MR) is 137 cm³/mol. The summed E-state index contributed by atoms with van der Waals surface area (Å²) in [6, 6.07) is 23.0. The molecule has 174 valence electrons. The van der Waals surface area contributed by atoms with Gasteiger partial charge >= 0.3 is 5.82 Å². The normalized spacial score (nSPS) is 11.7. The van der Waals surface area contributed by atoms with Gasteiger partial charge in [-0.2, -0.15) is 0 Å². The third-order valence-electron chi connectivity index (χ3n) is 5.07. The van der Waals surface area contributed by atoms with Gasteiger partial charge in [-0.25, -0.2) is 4.21 Å². The number of hydrogen-bond donors (Lipinski definition) is 3. The third-order valence-corrected chi connectivity index (χ3v) is 5.98. The fourth-order valence-corrected chi connectivity index (χ4v) is 4.26. The number of para-hydroxylation sites is 1. The van der Waals surface area contributed by atoms with Crippen molar-refractivity contribution in [2.24, 2.45) is 0 Å². The average molecular weight is 542 g/mol. The molecule has 3 N–H and O–H groups in total. The first-order valence-corrected chi connectivity index (χ1v) is 12.3. The molecule has 0 saturated carbocycles. The second-order valence-electron chi connectivity index (χ2n) is 7.33. The molecular weight excluding hydrogens is 522 g/mol. The molecule has 0 spiro atoms. The van der Waals surface area contributed by atoms with Gasteiger partial charge in [-0.15, -0.1) is 0 Å². The molecule has 0 aliphatic carbocycles. The average Bonchev–Trinajstić information content (AvgIpc) is 3.24. The van der Waals surface area contributed by atoms with Crippen LogP contribution in [0.4, 0.5) is 22.9 Å². The van der Waals surface area contributed by atoms with Gasteiger partial charge in [0, 0.05) is 22.6 Å². The molecule has 1 heterocycles. The van der Waals surface area contributed by atoms with Crippen molar-refractivity contribution in [3.8, 4) is 11.1 Å². The number of nitrogens with one attached hydrogen (secondary N) is 2. The van der Waals surface area contributed by atoms with Crippen molar-refractivity contribution in [3.05, 3.63) is 100 Å². The minimum Gasteiger partial charge on any atom is -0.358 e. The van der Waals surface area contributed by atoms with Gasteiger partial charge in [-0.05, 0) is 51.4 Å². The Labute approximate surface area is 206 Å². The maximum atomic E-state index is 11.0. The Kier molecular flexibility index (Phi) is 7.36. The van der Waals surface area contributed by atoms with E-state index in [1.165, 1.54) is 6.20 Å². The van der Waals surface area contributed by atoms with Crippen LogP contribution < -0.4 is 10.0 Å². The maximum Gasteiger partial charge on any atom is 0.381 e. The van der Waals surface area contributed by atoms with Gasteiger partial charge in [0.25, 0.3) is 11.3 Å². The number of benzene rings is 3. The van der Waals surface area contributed by atoms with Gasteiger partial charge in [-0.1, -0.05) is 58.4 Å². The van der Waals surface area contributed by atoms with E-state index in [0.717, 1.165) is 28.1 Å². The molecule has 11 heteroatoms. The molecular formula is C23H20BrN5O4S. The quantitative estimate of drug-likeness (QED) is 0.108. The molecule has 0 radical (unpaired) electrons. The van der Waals surface area contributed by atoms with Crippen LogP contribution >= 0.6 is 15.9 Å². The number of imidazole rings is 1. The topological polar surface area (TPSA) is 122 Å². The highest BCUT2D eigenvalue weighted by molar-refractivity contribution is 9.08.